The number of hydrogen-bond donors (Lipinski definition) is 0. The van der Waals surface area contributed by atoms with Crippen molar-refractivity contribution in [2.75, 3.05) is 0 Å². The van der Waals surface area contributed by atoms with Gasteiger partial charge < -0.3 is 0 Å². The van der Waals surface area contributed by atoms with Crippen molar-refractivity contribution in [1.82, 2.24) is 9.97 Å². The molecule has 0 aliphatic rings. The van der Waals surface area contributed by atoms with Crippen molar-refractivity contribution in [3.8, 4) is 0 Å². The molecule has 0 fully saturated rings. The van der Waals surface area contributed by atoms with E-state index in [1.165, 1.54) is 6.42 Å². The van der Waals surface area contributed by atoms with Crippen molar-refractivity contribution in [3.63, 3.8) is 0 Å². The van der Waals surface area contributed by atoms with Crippen molar-refractivity contribution >= 4 is 10.9 Å². The Hall–Kier alpha value is -1.44. The molecule has 1 atom stereocenters. The van der Waals surface area contributed by atoms with E-state index in [4.69, 9.17) is 0 Å². The number of nitrogens with zero attached hydrogens (tertiary/aromatic N) is 2. The van der Waals surface area contributed by atoms with E-state index in [-0.39, 0.29) is 0 Å². The Kier molecular flexibility index (Phi) is 2.95. The predicted molar refractivity (Wildman–Crippen MR) is 62.9 cm³/mol. The lowest BCUT2D eigenvalue weighted by atomic mass is 10.1. The summed E-state index contributed by atoms with van der Waals surface area (Å²) in [6, 6.07) is 8.12. The molecule has 1 unspecified atom stereocenters. The lowest BCUT2D eigenvalue weighted by Crippen LogP contribution is -2.00. The molecule has 0 spiro atoms. The number of rotatable bonds is 3. The van der Waals surface area contributed by atoms with E-state index < -0.39 is 0 Å². The van der Waals surface area contributed by atoms with Crippen LogP contribution < -0.4 is 0 Å². The Labute approximate surface area is 90.4 Å². The van der Waals surface area contributed by atoms with Gasteiger partial charge in [0.25, 0.3) is 0 Å². The maximum atomic E-state index is 4.58. The highest BCUT2D eigenvalue weighted by molar-refractivity contribution is 5.77. The summed E-state index contributed by atoms with van der Waals surface area (Å²) in [6.45, 7) is 4.38. The largest absolute Gasteiger partial charge is 0.240 e. The van der Waals surface area contributed by atoms with Crippen LogP contribution in [-0.4, -0.2) is 9.97 Å². The van der Waals surface area contributed by atoms with Gasteiger partial charge >= 0.3 is 0 Å². The normalized spacial score (nSPS) is 12.9. The summed E-state index contributed by atoms with van der Waals surface area (Å²) in [6.07, 6.45) is 4.25. The summed E-state index contributed by atoms with van der Waals surface area (Å²) in [5.41, 5.74) is 1.05. The molecule has 0 saturated heterocycles. The molecule has 1 aromatic carbocycles. The molecule has 0 aliphatic heterocycles. The van der Waals surface area contributed by atoms with Gasteiger partial charge in [0.15, 0.2) is 0 Å². The van der Waals surface area contributed by atoms with Crippen LogP contribution in [-0.2, 0) is 0 Å². The summed E-state index contributed by atoms with van der Waals surface area (Å²) in [7, 11) is 0. The second-order valence-electron chi connectivity index (χ2n) is 3.98. The first kappa shape index (κ1) is 10.1. The molecule has 0 saturated carbocycles. The average molecular weight is 200 g/mol. The maximum absolute atomic E-state index is 4.58. The second kappa shape index (κ2) is 4.39. The van der Waals surface area contributed by atoms with Crippen molar-refractivity contribution in [2.45, 2.75) is 32.6 Å². The fraction of sp³-hybridized carbons (Fsp3) is 0.385. The van der Waals surface area contributed by atoms with Crippen LogP contribution in [0.15, 0.2) is 30.5 Å². The van der Waals surface area contributed by atoms with Crippen LogP contribution in [0, 0.1) is 0 Å². The molecular weight excluding hydrogens is 184 g/mol. The van der Waals surface area contributed by atoms with Crippen LogP contribution in [0.3, 0.4) is 0 Å². The average Bonchev–Trinajstić information content (AvgIpc) is 2.29. The van der Waals surface area contributed by atoms with Gasteiger partial charge in [-0.2, -0.15) is 0 Å². The molecule has 0 N–H and O–H groups in total. The standard InChI is InChI=1S/C13H16N2/c1-3-6-10(2)13-14-9-11-7-4-5-8-12(11)15-13/h4-5,7-10H,3,6H2,1-2H3. The molecule has 0 aliphatic carbocycles. The summed E-state index contributed by atoms with van der Waals surface area (Å²) in [5.74, 6) is 1.43. The molecule has 78 valence electrons. The number of aromatic nitrogens is 2. The number of para-hydroxylation sites is 1. The third kappa shape index (κ3) is 2.14. The van der Waals surface area contributed by atoms with E-state index in [1.807, 2.05) is 30.5 Å². The number of benzene rings is 1. The molecule has 0 bridgehead atoms. The van der Waals surface area contributed by atoms with Crippen molar-refractivity contribution < 1.29 is 0 Å². The third-order valence-corrected chi connectivity index (χ3v) is 2.67. The van der Waals surface area contributed by atoms with Gasteiger partial charge in [-0.15, -0.1) is 0 Å². The van der Waals surface area contributed by atoms with Gasteiger partial charge in [0.1, 0.15) is 5.82 Å². The maximum Gasteiger partial charge on any atom is 0.131 e. The Balaban J connectivity index is 2.38. The van der Waals surface area contributed by atoms with Gasteiger partial charge in [-0.05, 0) is 12.5 Å². The third-order valence-electron chi connectivity index (χ3n) is 2.67. The van der Waals surface area contributed by atoms with E-state index in [9.17, 15) is 0 Å². The zero-order valence-corrected chi connectivity index (χ0v) is 9.27. The van der Waals surface area contributed by atoms with Crippen LogP contribution in [0.2, 0.25) is 0 Å². The molecule has 2 nitrogen and oxygen atoms in total. The molecule has 1 aromatic heterocycles. The quantitative estimate of drug-likeness (QED) is 0.757. The summed E-state index contributed by atoms with van der Waals surface area (Å²) < 4.78 is 0. The van der Waals surface area contributed by atoms with Crippen LogP contribution in [0.4, 0.5) is 0 Å². The lowest BCUT2D eigenvalue weighted by Gasteiger charge is -2.08. The predicted octanol–water partition coefficient (Wildman–Crippen LogP) is 3.53. The summed E-state index contributed by atoms with van der Waals surface area (Å²) >= 11 is 0. The Morgan fingerprint density at radius 1 is 1.27 bits per heavy atom. The first-order valence-corrected chi connectivity index (χ1v) is 5.53. The molecule has 1 heterocycles. The fourth-order valence-electron chi connectivity index (χ4n) is 1.79. The van der Waals surface area contributed by atoms with Gasteiger partial charge in [-0.3, -0.25) is 0 Å². The Bertz CT molecular complexity index is 451. The smallest absolute Gasteiger partial charge is 0.131 e. The first-order valence-electron chi connectivity index (χ1n) is 5.53. The topological polar surface area (TPSA) is 25.8 Å². The second-order valence-corrected chi connectivity index (χ2v) is 3.98. The van der Waals surface area contributed by atoms with Crippen molar-refractivity contribution in [1.29, 1.82) is 0 Å². The van der Waals surface area contributed by atoms with Crippen molar-refractivity contribution in [2.24, 2.45) is 0 Å². The van der Waals surface area contributed by atoms with Gasteiger partial charge in [0.05, 0.1) is 5.52 Å². The molecular formula is C13H16N2. The molecule has 0 amide bonds. The van der Waals surface area contributed by atoms with Crippen LogP contribution in [0.25, 0.3) is 10.9 Å². The highest BCUT2D eigenvalue weighted by atomic mass is 14.9. The van der Waals surface area contributed by atoms with Gasteiger partial charge in [-0.25, -0.2) is 9.97 Å². The highest BCUT2D eigenvalue weighted by Gasteiger charge is 2.07. The van der Waals surface area contributed by atoms with E-state index in [2.05, 4.69) is 23.8 Å². The van der Waals surface area contributed by atoms with Gasteiger partial charge in [-0.1, -0.05) is 38.5 Å². The minimum absolute atomic E-state index is 0.458. The van der Waals surface area contributed by atoms with Crippen LogP contribution >= 0.6 is 0 Å². The molecule has 2 rings (SSSR count). The Morgan fingerprint density at radius 3 is 2.87 bits per heavy atom. The zero-order valence-electron chi connectivity index (χ0n) is 9.27. The minimum atomic E-state index is 0.458. The fourth-order valence-corrected chi connectivity index (χ4v) is 1.79. The summed E-state index contributed by atoms with van der Waals surface area (Å²) in [4.78, 5) is 9.00. The number of fused-ring (bicyclic) bond motifs is 1. The Morgan fingerprint density at radius 2 is 2.07 bits per heavy atom. The number of hydrogen-bond acceptors (Lipinski definition) is 2. The van der Waals surface area contributed by atoms with Gasteiger partial charge in [0.2, 0.25) is 0 Å². The van der Waals surface area contributed by atoms with E-state index in [1.54, 1.807) is 0 Å². The molecule has 2 heteroatoms. The molecule has 2 aromatic rings. The van der Waals surface area contributed by atoms with E-state index >= 15 is 0 Å². The molecule has 15 heavy (non-hydrogen) atoms. The summed E-state index contributed by atoms with van der Waals surface area (Å²) in [5, 5.41) is 1.12. The minimum Gasteiger partial charge on any atom is -0.240 e. The highest BCUT2D eigenvalue weighted by Crippen LogP contribution is 2.18. The van der Waals surface area contributed by atoms with Crippen molar-refractivity contribution in [3.05, 3.63) is 36.3 Å². The zero-order chi connectivity index (χ0) is 10.7. The lowest BCUT2D eigenvalue weighted by molar-refractivity contribution is 0.629. The van der Waals surface area contributed by atoms with Crippen LogP contribution in [0.1, 0.15) is 38.4 Å². The molecule has 0 radical (unpaired) electrons. The monoisotopic (exact) mass is 200 g/mol. The van der Waals surface area contributed by atoms with E-state index in [0.29, 0.717) is 5.92 Å². The van der Waals surface area contributed by atoms with E-state index in [0.717, 1.165) is 23.1 Å². The van der Waals surface area contributed by atoms with Gasteiger partial charge in [0, 0.05) is 17.5 Å². The van der Waals surface area contributed by atoms with Crippen LogP contribution in [0.5, 0.6) is 0 Å². The first-order chi connectivity index (χ1) is 7.31. The SMILES string of the molecule is CCCC(C)c1ncc2ccccc2n1.